The number of carbonyl (C=O) groups is 1. The van der Waals surface area contributed by atoms with Crippen molar-refractivity contribution in [3.8, 4) is 11.5 Å². The van der Waals surface area contributed by atoms with Crippen LogP contribution in [0.4, 0.5) is 0 Å². The normalized spacial score (nSPS) is 13.7. The van der Waals surface area contributed by atoms with Gasteiger partial charge in [-0.3, -0.25) is 4.79 Å². The smallest absolute Gasteiger partial charge is 0.187 e. The van der Waals surface area contributed by atoms with Crippen molar-refractivity contribution < 1.29 is 14.3 Å². The van der Waals surface area contributed by atoms with Crippen molar-refractivity contribution >= 4 is 5.78 Å². The molecule has 2 aromatic carbocycles. The highest BCUT2D eigenvalue weighted by Gasteiger charge is 2.23. The molecule has 0 spiro atoms. The van der Waals surface area contributed by atoms with Crippen LogP contribution in [0.15, 0.2) is 54.7 Å². The predicted molar refractivity (Wildman–Crippen MR) is 98.4 cm³/mol. The number of rotatable bonds is 6. The van der Waals surface area contributed by atoms with Crippen LogP contribution in [-0.2, 0) is 12.8 Å². The van der Waals surface area contributed by atoms with Crippen molar-refractivity contribution in [2.75, 3.05) is 21.2 Å². The highest BCUT2D eigenvalue weighted by atomic mass is 16.5. The minimum Gasteiger partial charge on any atom is -0.493 e. The molecule has 0 aromatic heterocycles. The fourth-order valence-corrected chi connectivity index (χ4v) is 3.02. The summed E-state index contributed by atoms with van der Waals surface area (Å²) in [7, 11) is 5.37. The number of hydrogen-bond acceptors (Lipinski definition) is 4. The van der Waals surface area contributed by atoms with Gasteiger partial charge in [0.1, 0.15) is 6.10 Å². The number of allylic oxidation sites excluding steroid dienone is 1. The summed E-state index contributed by atoms with van der Waals surface area (Å²) in [4.78, 5) is 14.1. The van der Waals surface area contributed by atoms with Crippen LogP contribution in [0.5, 0.6) is 11.5 Å². The van der Waals surface area contributed by atoms with Gasteiger partial charge in [-0.1, -0.05) is 24.3 Å². The van der Waals surface area contributed by atoms with Crippen LogP contribution in [-0.4, -0.2) is 38.0 Å². The molecule has 0 heterocycles. The highest BCUT2D eigenvalue weighted by molar-refractivity contribution is 6.04. The number of benzene rings is 2. The van der Waals surface area contributed by atoms with E-state index in [9.17, 15) is 4.79 Å². The molecule has 3 rings (SSSR count). The molecule has 1 aliphatic carbocycles. The van der Waals surface area contributed by atoms with Gasteiger partial charge in [0, 0.05) is 44.8 Å². The second kappa shape index (κ2) is 7.43. The maximum atomic E-state index is 12.3. The summed E-state index contributed by atoms with van der Waals surface area (Å²) in [5, 5.41) is 0. The number of hydrogen-bond donors (Lipinski definition) is 0. The molecule has 0 saturated heterocycles. The van der Waals surface area contributed by atoms with E-state index in [4.69, 9.17) is 9.47 Å². The van der Waals surface area contributed by atoms with Gasteiger partial charge >= 0.3 is 0 Å². The van der Waals surface area contributed by atoms with Crippen LogP contribution >= 0.6 is 0 Å². The molecule has 1 aliphatic rings. The number of carbonyl (C=O) groups excluding carboxylic acids is 1. The Labute approximate surface area is 148 Å². The van der Waals surface area contributed by atoms with Crippen molar-refractivity contribution in [2.24, 2.45) is 0 Å². The molecule has 0 saturated carbocycles. The third-order valence-corrected chi connectivity index (χ3v) is 4.28. The van der Waals surface area contributed by atoms with Crippen LogP contribution in [0.25, 0.3) is 0 Å². The van der Waals surface area contributed by atoms with Gasteiger partial charge < -0.3 is 14.4 Å². The molecule has 0 atom stereocenters. The van der Waals surface area contributed by atoms with Gasteiger partial charge in [0.05, 0.1) is 7.11 Å². The molecule has 0 radical (unpaired) electrons. The lowest BCUT2D eigenvalue weighted by Crippen LogP contribution is -2.17. The zero-order valence-corrected chi connectivity index (χ0v) is 14.9. The van der Waals surface area contributed by atoms with Crippen LogP contribution in [0, 0.1) is 0 Å². The number of ether oxygens (including phenoxy) is 2. The quantitative estimate of drug-likeness (QED) is 0.597. The predicted octanol–water partition coefficient (Wildman–Crippen LogP) is 3.50. The fourth-order valence-electron chi connectivity index (χ4n) is 3.02. The Morgan fingerprint density at radius 2 is 1.76 bits per heavy atom. The summed E-state index contributed by atoms with van der Waals surface area (Å²) in [6.07, 6.45) is 5.10. The molecule has 4 heteroatoms. The maximum absolute atomic E-state index is 12.3. The average molecular weight is 337 g/mol. The van der Waals surface area contributed by atoms with Gasteiger partial charge in [-0.2, -0.15) is 0 Å². The second-order valence-corrected chi connectivity index (χ2v) is 6.43. The van der Waals surface area contributed by atoms with E-state index in [2.05, 4.69) is 24.3 Å². The fraction of sp³-hybridized carbons (Fsp3) is 0.286. The Bertz CT molecular complexity index is 770. The molecule has 0 unspecified atom stereocenters. The minimum atomic E-state index is -0.0593. The number of ketones is 1. The summed E-state index contributed by atoms with van der Waals surface area (Å²) >= 11 is 0. The molecule has 2 aromatic rings. The van der Waals surface area contributed by atoms with Gasteiger partial charge in [0.2, 0.25) is 0 Å². The van der Waals surface area contributed by atoms with E-state index >= 15 is 0 Å². The Morgan fingerprint density at radius 3 is 2.36 bits per heavy atom. The molecular weight excluding hydrogens is 314 g/mol. The molecule has 0 fully saturated rings. The van der Waals surface area contributed by atoms with Gasteiger partial charge in [-0.05, 0) is 29.3 Å². The first-order chi connectivity index (χ1) is 12.1. The van der Waals surface area contributed by atoms with E-state index in [-0.39, 0.29) is 11.9 Å². The molecule has 0 bridgehead atoms. The third kappa shape index (κ3) is 4.02. The first kappa shape index (κ1) is 17.1. The number of fused-ring (bicyclic) bond motifs is 1. The second-order valence-electron chi connectivity index (χ2n) is 6.43. The van der Waals surface area contributed by atoms with E-state index in [0.29, 0.717) is 17.1 Å². The zero-order valence-electron chi connectivity index (χ0n) is 14.9. The topological polar surface area (TPSA) is 38.8 Å². The Balaban J connectivity index is 1.78. The highest BCUT2D eigenvalue weighted by Crippen LogP contribution is 2.32. The first-order valence-corrected chi connectivity index (χ1v) is 8.37. The van der Waals surface area contributed by atoms with Gasteiger partial charge in [0.25, 0.3) is 0 Å². The molecule has 25 heavy (non-hydrogen) atoms. The van der Waals surface area contributed by atoms with E-state index in [0.717, 1.165) is 12.8 Å². The molecule has 0 N–H and O–H groups in total. The monoisotopic (exact) mass is 337 g/mol. The molecule has 4 nitrogen and oxygen atoms in total. The van der Waals surface area contributed by atoms with E-state index in [1.807, 2.05) is 19.0 Å². The summed E-state index contributed by atoms with van der Waals surface area (Å²) in [5.41, 5.74) is 3.24. The van der Waals surface area contributed by atoms with Gasteiger partial charge in [-0.15, -0.1) is 0 Å². The summed E-state index contributed by atoms with van der Waals surface area (Å²) < 4.78 is 11.6. The van der Waals surface area contributed by atoms with Crippen molar-refractivity contribution in [1.82, 2.24) is 4.90 Å². The van der Waals surface area contributed by atoms with Crippen LogP contribution in [0.1, 0.15) is 21.5 Å². The van der Waals surface area contributed by atoms with Crippen LogP contribution < -0.4 is 9.47 Å². The van der Waals surface area contributed by atoms with Crippen molar-refractivity contribution in [1.29, 1.82) is 0 Å². The Morgan fingerprint density at radius 1 is 1.08 bits per heavy atom. The molecule has 0 amide bonds. The van der Waals surface area contributed by atoms with Crippen molar-refractivity contribution in [3.05, 3.63) is 71.4 Å². The maximum Gasteiger partial charge on any atom is 0.187 e. The summed E-state index contributed by atoms with van der Waals surface area (Å²) in [6, 6.07) is 13.7. The van der Waals surface area contributed by atoms with Crippen molar-refractivity contribution in [2.45, 2.75) is 18.9 Å². The number of methoxy groups -OCH3 is 1. The lowest BCUT2D eigenvalue weighted by molar-refractivity contribution is 0.104. The van der Waals surface area contributed by atoms with E-state index in [1.54, 1.807) is 37.6 Å². The van der Waals surface area contributed by atoms with Gasteiger partial charge in [0.15, 0.2) is 17.3 Å². The summed E-state index contributed by atoms with van der Waals surface area (Å²) in [6.45, 7) is 0. The SMILES string of the molecule is COc1ccc(C(=O)C=CN(C)C)cc1OC1Cc2ccccc2C1. The Kier molecular flexibility index (Phi) is 5.08. The zero-order chi connectivity index (χ0) is 17.8. The lowest BCUT2D eigenvalue weighted by Gasteiger charge is -2.16. The van der Waals surface area contributed by atoms with Crippen LogP contribution in [0.2, 0.25) is 0 Å². The first-order valence-electron chi connectivity index (χ1n) is 8.37. The average Bonchev–Trinajstić information content (AvgIpc) is 3.01. The van der Waals surface area contributed by atoms with Crippen molar-refractivity contribution in [3.63, 3.8) is 0 Å². The molecule has 130 valence electrons. The number of nitrogens with zero attached hydrogens (tertiary/aromatic N) is 1. The standard InChI is InChI=1S/C21H23NO3/c1-22(2)11-10-19(23)17-8-9-20(24-3)21(14-17)25-18-12-15-6-4-5-7-16(15)13-18/h4-11,14,18H,12-13H2,1-3H3. The van der Waals surface area contributed by atoms with E-state index in [1.165, 1.54) is 11.1 Å². The third-order valence-electron chi connectivity index (χ3n) is 4.28. The lowest BCUT2D eigenvalue weighted by atomic mass is 10.1. The largest absolute Gasteiger partial charge is 0.493 e. The van der Waals surface area contributed by atoms with Gasteiger partial charge in [-0.25, -0.2) is 0 Å². The Hall–Kier alpha value is -2.75. The minimum absolute atomic E-state index is 0.0593. The summed E-state index contributed by atoms with van der Waals surface area (Å²) in [5.74, 6) is 1.20. The molecular formula is C21H23NO3. The van der Waals surface area contributed by atoms with E-state index < -0.39 is 0 Å². The molecule has 0 aliphatic heterocycles. The van der Waals surface area contributed by atoms with Crippen LogP contribution in [0.3, 0.4) is 0 Å².